The topological polar surface area (TPSA) is 66.2 Å². The minimum Gasteiger partial charge on any atom is -0.493 e. The molecule has 4 aromatic rings. The molecule has 0 spiro atoms. The summed E-state index contributed by atoms with van der Waals surface area (Å²) in [6.45, 7) is 0. The molecule has 3 aromatic carbocycles. The molecule has 0 fully saturated rings. The first-order chi connectivity index (χ1) is 15.2. The standard InChI is InChI=1S/C24H21N3O3S/c1-29-20-14-13-19(15-21(20)30-2)23(28)27-24(31-16-17-9-5-3-6-10-17)25-22(26-27)18-11-7-4-8-12-18/h3-15H,16H2,1-2H3. The second-order valence-electron chi connectivity index (χ2n) is 6.65. The molecule has 1 heterocycles. The Morgan fingerprint density at radius 2 is 1.58 bits per heavy atom. The van der Waals surface area contributed by atoms with Crippen molar-refractivity contribution in [1.29, 1.82) is 0 Å². The van der Waals surface area contributed by atoms with E-state index in [1.165, 1.54) is 23.6 Å². The van der Waals surface area contributed by atoms with Gasteiger partial charge in [-0.25, -0.2) is 4.98 Å². The zero-order chi connectivity index (χ0) is 21.6. The quantitative estimate of drug-likeness (QED) is 0.386. The Labute approximate surface area is 184 Å². The molecule has 0 aliphatic heterocycles. The normalized spacial score (nSPS) is 10.6. The van der Waals surface area contributed by atoms with E-state index in [1.807, 2.05) is 60.7 Å². The van der Waals surface area contributed by atoms with Crippen molar-refractivity contribution in [2.45, 2.75) is 10.9 Å². The predicted molar refractivity (Wildman–Crippen MR) is 121 cm³/mol. The van der Waals surface area contributed by atoms with Crippen LogP contribution in [0.25, 0.3) is 11.4 Å². The maximum absolute atomic E-state index is 13.3. The van der Waals surface area contributed by atoms with Gasteiger partial charge < -0.3 is 9.47 Å². The summed E-state index contributed by atoms with van der Waals surface area (Å²) in [4.78, 5) is 18.0. The highest BCUT2D eigenvalue weighted by atomic mass is 32.2. The van der Waals surface area contributed by atoms with Gasteiger partial charge in [0.15, 0.2) is 22.5 Å². The van der Waals surface area contributed by atoms with Gasteiger partial charge in [-0.05, 0) is 23.8 Å². The fraction of sp³-hybridized carbons (Fsp3) is 0.125. The van der Waals surface area contributed by atoms with Crippen molar-refractivity contribution in [1.82, 2.24) is 14.8 Å². The van der Waals surface area contributed by atoms with Crippen LogP contribution in [0.5, 0.6) is 11.5 Å². The Morgan fingerprint density at radius 3 is 2.26 bits per heavy atom. The molecule has 0 saturated heterocycles. The predicted octanol–water partition coefficient (Wildman–Crippen LogP) is 4.94. The number of thioether (sulfide) groups is 1. The van der Waals surface area contributed by atoms with Crippen molar-refractivity contribution >= 4 is 17.7 Å². The number of benzene rings is 3. The summed E-state index contributed by atoms with van der Waals surface area (Å²) in [5, 5.41) is 5.06. The van der Waals surface area contributed by atoms with Gasteiger partial charge >= 0.3 is 0 Å². The van der Waals surface area contributed by atoms with Crippen LogP contribution in [0.2, 0.25) is 0 Å². The lowest BCUT2D eigenvalue weighted by molar-refractivity contribution is 0.0933. The fourth-order valence-corrected chi connectivity index (χ4v) is 3.93. The van der Waals surface area contributed by atoms with Crippen LogP contribution in [0.4, 0.5) is 0 Å². The first kappa shape index (κ1) is 20.7. The molecule has 6 nitrogen and oxygen atoms in total. The summed E-state index contributed by atoms with van der Waals surface area (Å²) in [6, 6.07) is 24.7. The molecule has 1 aromatic heterocycles. The van der Waals surface area contributed by atoms with Crippen LogP contribution in [-0.2, 0) is 5.75 Å². The molecule has 7 heteroatoms. The van der Waals surface area contributed by atoms with Gasteiger partial charge in [-0.1, -0.05) is 72.4 Å². The number of nitrogens with zero attached hydrogens (tertiary/aromatic N) is 3. The molecule has 0 aliphatic carbocycles. The smallest absolute Gasteiger partial charge is 0.280 e. The molecule has 0 unspecified atom stereocenters. The second kappa shape index (κ2) is 9.49. The molecule has 0 bridgehead atoms. The second-order valence-corrected chi connectivity index (χ2v) is 7.59. The zero-order valence-corrected chi connectivity index (χ0v) is 18.0. The van der Waals surface area contributed by atoms with Gasteiger partial charge in [-0.2, -0.15) is 4.68 Å². The van der Waals surface area contributed by atoms with E-state index in [-0.39, 0.29) is 5.91 Å². The molecule has 31 heavy (non-hydrogen) atoms. The van der Waals surface area contributed by atoms with Crippen LogP contribution in [0, 0.1) is 0 Å². The van der Waals surface area contributed by atoms with Crippen LogP contribution in [0.3, 0.4) is 0 Å². The zero-order valence-electron chi connectivity index (χ0n) is 17.2. The Morgan fingerprint density at radius 1 is 0.903 bits per heavy atom. The lowest BCUT2D eigenvalue weighted by atomic mass is 10.2. The van der Waals surface area contributed by atoms with Crippen molar-refractivity contribution in [3.05, 3.63) is 90.0 Å². The third-order valence-corrected chi connectivity index (χ3v) is 5.64. The van der Waals surface area contributed by atoms with Gasteiger partial charge in [0.2, 0.25) is 0 Å². The SMILES string of the molecule is COc1ccc(C(=O)n2nc(-c3ccccc3)nc2SCc2ccccc2)cc1OC. The van der Waals surface area contributed by atoms with E-state index in [1.54, 1.807) is 25.3 Å². The van der Waals surface area contributed by atoms with Crippen molar-refractivity contribution < 1.29 is 14.3 Å². The minimum absolute atomic E-state index is 0.286. The minimum atomic E-state index is -0.286. The first-order valence-electron chi connectivity index (χ1n) is 9.65. The summed E-state index contributed by atoms with van der Waals surface area (Å²) in [7, 11) is 3.09. The van der Waals surface area contributed by atoms with Crippen molar-refractivity contribution in [2.24, 2.45) is 0 Å². The van der Waals surface area contributed by atoms with Gasteiger partial charge in [0.05, 0.1) is 14.2 Å². The first-order valence-corrected chi connectivity index (χ1v) is 10.6. The largest absolute Gasteiger partial charge is 0.493 e. The summed E-state index contributed by atoms with van der Waals surface area (Å²) >= 11 is 1.47. The third kappa shape index (κ3) is 4.62. The van der Waals surface area contributed by atoms with Crippen molar-refractivity contribution in [3.63, 3.8) is 0 Å². The van der Waals surface area contributed by atoms with E-state index in [2.05, 4.69) is 10.1 Å². The lowest BCUT2D eigenvalue weighted by Crippen LogP contribution is -2.15. The van der Waals surface area contributed by atoms with E-state index in [0.717, 1.165) is 11.1 Å². The Bertz CT molecular complexity index is 1180. The van der Waals surface area contributed by atoms with Gasteiger partial charge in [-0.3, -0.25) is 4.79 Å². The van der Waals surface area contributed by atoms with E-state index in [9.17, 15) is 4.79 Å². The highest BCUT2D eigenvalue weighted by Gasteiger charge is 2.20. The van der Waals surface area contributed by atoms with Crippen LogP contribution in [-0.4, -0.2) is 34.9 Å². The lowest BCUT2D eigenvalue weighted by Gasteiger charge is -2.09. The van der Waals surface area contributed by atoms with Gasteiger partial charge in [0.1, 0.15) is 0 Å². The Balaban J connectivity index is 1.70. The summed E-state index contributed by atoms with van der Waals surface area (Å²) in [5.41, 5.74) is 2.42. The molecule has 0 aliphatic rings. The monoisotopic (exact) mass is 431 g/mol. The Kier molecular flexibility index (Phi) is 6.33. The highest BCUT2D eigenvalue weighted by molar-refractivity contribution is 7.98. The molecule has 156 valence electrons. The summed E-state index contributed by atoms with van der Waals surface area (Å²) < 4.78 is 12.0. The van der Waals surface area contributed by atoms with E-state index < -0.39 is 0 Å². The average molecular weight is 432 g/mol. The number of hydrogen-bond donors (Lipinski definition) is 0. The molecule has 0 saturated carbocycles. The number of ether oxygens (including phenoxy) is 2. The molecule has 0 radical (unpaired) electrons. The average Bonchev–Trinajstić information content (AvgIpc) is 3.27. The van der Waals surface area contributed by atoms with Crippen LogP contribution < -0.4 is 9.47 Å². The summed E-state index contributed by atoms with van der Waals surface area (Å²) in [5.74, 6) is 1.93. The number of aromatic nitrogens is 3. The van der Waals surface area contributed by atoms with Gasteiger partial charge in [0, 0.05) is 16.9 Å². The van der Waals surface area contributed by atoms with Crippen molar-refractivity contribution in [3.8, 4) is 22.9 Å². The molecular weight excluding hydrogens is 410 g/mol. The molecule has 0 atom stereocenters. The maximum Gasteiger partial charge on any atom is 0.280 e. The number of hydrogen-bond acceptors (Lipinski definition) is 6. The molecular formula is C24H21N3O3S. The third-order valence-electron chi connectivity index (χ3n) is 4.64. The van der Waals surface area contributed by atoms with Crippen LogP contribution in [0.1, 0.15) is 15.9 Å². The van der Waals surface area contributed by atoms with E-state index >= 15 is 0 Å². The van der Waals surface area contributed by atoms with Crippen molar-refractivity contribution in [2.75, 3.05) is 14.2 Å². The Hall–Kier alpha value is -3.58. The van der Waals surface area contributed by atoms with Gasteiger partial charge in [-0.15, -0.1) is 5.10 Å². The van der Waals surface area contributed by atoms with Crippen LogP contribution >= 0.6 is 11.8 Å². The van der Waals surface area contributed by atoms with E-state index in [4.69, 9.17) is 9.47 Å². The fourth-order valence-electron chi connectivity index (χ4n) is 3.05. The highest BCUT2D eigenvalue weighted by Crippen LogP contribution is 2.29. The van der Waals surface area contributed by atoms with E-state index in [0.29, 0.717) is 33.8 Å². The molecule has 0 amide bonds. The van der Waals surface area contributed by atoms with Crippen LogP contribution in [0.15, 0.2) is 84.0 Å². The molecule has 4 rings (SSSR count). The number of methoxy groups -OCH3 is 2. The summed E-state index contributed by atoms with van der Waals surface area (Å²) in [6.07, 6.45) is 0. The molecule has 0 N–H and O–H groups in total. The van der Waals surface area contributed by atoms with Gasteiger partial charge in [0.25, 0.3) is 5.91 Å². The number of rotatable bonds is 7. The maximum atomic E-state index is 13.3. The number of carbonyl (C=O) groups excluding carboxylic acids is 1. The number of carbonyl (C=O) groups is 1.